The van der Waals surface area contributed by atoms with E-state index >= 15 is 0 Å². The molecule has 0 spiro atoms. The van der Waals surface area contributed by atoms with Crippen LogP contribution in [0.3, 0.4) is 0 Å². The number of aromatic nitrogens is 1. The molecule has 1 aromatic heterocycles. The standard InChI is InChI=1S/C24H23N3O/c1-16-10-17(2)12-22(11-16)26-24(28)21(15-25)14-20-13-18(3)27(19(20)4)23-8-6-5-7-9-23/h5-14H,1-4H3,(H,26,28). The van der Waals surface area contributed by atoms with Crippen LogP contribution in [0.15, 0.2) is 60.2 Å². The van der Waals surface area contributed by atoms with Crippen LogP contribution in [-0.2, 0) is 4.79 Å². The first-order valence-electron chi connectivity index (χ1n) is 9.15. The number of rotatable bonds is 4. The highest BCUT2D eigenvalue weighted by atomic mass is 16.1. The van der Waals surface area contributed by atoms with Gasteiger partial charge in [0.15, 0.2) is 0 Å². The lowest BCUT2D eigenvalue weighted by atomic mass is 10.1. The predicted octanol–water partition coefficient (Wildman–Crippen LogP) is 5.26. The third-order valence-electron chi connectivity index (χ3n) is 4.63. The number of anilines is 1. The largest absolute Gasteiger partial charge is 0.321 e. The molecule has 1 amide bonds. The first-order valence-corrected chi connectivity index (χ1v) is 9.15. The molecular weight excluding hydrogens is 346 g/mol. The lowest BCUT2D eigenvalue weighted by Gasteiger charge is -2.09. The minimum atomic E-state index is -0.406. The molecule has 0 unspecified atom stereocenters. The molecule has 0 aliphatic heterocycles. The van der Waals surface area contributed by atoms with E-state index in [0.717, 1.165) is 33.8 Å². The summed E-state index contributed by atoms with van der Waals surface area (Å²) < 4.78 is 2.11. The number of benzene rings is 2. The summed E-state index contributed by atoms with van der Waals surface area (Å²) in [5.74, 6) is -0.406. The first kappa shape index (κ1) is 19.2. The van der Waals surface area contributed by atoms with E-state index in [4.69, 9.17) is 0 Å². The zero-order valence-electron chi connectivity index (χ0n) is 16.6. The van der Waals surface area contributed by atoms with E-state index in [2.05, 4.69) is 9.88 Å². The molecule has 0 bridgehead atoms. The molecule has 4 heteroatoms. The van der Waals surface area contributed by atoms with Crippen molar-refractivity contribution in [1.29, 1.82) is 5.26 Å². The maximum absolute atomic E-state index is 12.6. The van der Waals surface area contributed by atoms with Crippen molar-refractivity contribution in [3.8, 4) is 11.8 Å². The maximum atomic E-state index is 12.6. The summed E-state index contributed by atoms with van der Waals surface area (Å²) in [5, 5.41) is 12.4. The Morgan fingerprint density at radius 1 is 1.00 bits per heavy atom. The molecule has 0 aliphatic carbocycles. The molecule has 0 atom stereocenters. The Balaban J connectivity index is 1.93. The molecule has 4 nitrogen and oxygen atoms in total. The molecule has 0 saturated carbocycles. The molecule has 1 N–H and O–H groups in total. The van der Waals surface area contributed by atoms with Gasteiger partial charge in [0, 0.05) is 22.8 Å². The zero-order chi connectivity index (χ0) is 20.3. The summed E-state index contributed by atoms with van der Waals surface area (Å²) in [6.45, 7) is 7.95. The summed E-state index contributed by atoms with van der Waals surface area (Å²) in [7, 11) is 0. The van der Waals surface area contributed by atoms with Crippen molar-refractivity contribution in [3.63, 3.8) is 0 Å². The van der Waals surface area contributed by atoms with E-state index in [9.17, 15) is 10.1 Å². The van der Waals surface area contributed by atoms with E-state index < -0.39 is 5.91 Å². The van der Waals surface area contributed by atoms with Gasteiger partial charge in [-0.2, -0.15) is 5.26 Å². The average Bonchev–Trinajstić information content (AvgIpc) is 2.92. The third kappa shape index (κ3) is 4.05. The smallest absolute Gasteiger partial charge is 0.266 e. The summed E-state index contributed by atoms with van der Waals surface area (Å²) in [6.07, 6.45) is 1.65. The number of hydrogen-bond acceptors (Lipinski definition) is 2. The maximum Gasteiger partial charge on any atom is 0.266 e. The second-order valence-corrected chi connectivity index (χ2v) is 7.00. The van der Waals surface area contributed by atoms with Crippen LogP contribution in [0.4, 0.5) is 5.69 Å². The number of amides is 1. The van der Waals surface area contributed by atoms with Gasteiger partial charge in [0.05, 0.1) is 0 Å². The Morgan fingerprint density at radius 3 is 2.25 bits per heavy atom. The fourth-order valence-electron chi connectivity index (χ4n) is 3.46. The van der Waals surface area contributed by atoms with E-state index in [1.54, 1.807) is 6.08 Å². The van der Waals surface area contributed by atoms with Crippen LogP contribution < -0.4 is 5.32 Å². The van der Waals surface area contributed by atoms with Crippen molar-refractivity contribution in [2.75, 3.05) is 5.32 Å². The van der Waals surface area contributed by atoms with Crippen LogP contribution in [0.1, 0.15) is 28.1 Å². The SMILES string of the molecule is Cc1cc(C)cc(NC(=O)C(C#N)=Cc2cc(C)n(-c3ccccc3)c2C)c1. The topological polar surface area (TPSA) is 57.8 Å². The number of aryl methyl sites for hydroxylation is 3. The van der Waals surface area contributed by atoms with E-state index in [1.165, 1.54) is 0 Å². The average molecular weight is 369 g/mol. The van der Waals surface area contributed by atoms with Gasteiger partial charge in [-0.25, -0.2) is 0 Å². The van der Waals surface area contributed by atoms with Gasteiger partial charge in [0.2, 0.25) is 0 Å². The van der Waals surface area contributed by atoms with E-state index in [1.807, 2.05) is 88.4 Å². The molecule has 3 rings (SSSR count). The second-order valence-electron chi connectivity index (χ2n) is 7.00. The molecule has 3 aromatic rings. The van der Waals surface area contributed by atoms with Crippen LogP contribution in [0.5, 0.6) is 0 Å². The van der Waals surface area contributed by atoms with Gasteiger partial charge in [-0.05, 0) is 80.8 Å². The Labute approximate surface area is 165 Å². The lowest BCUT2D eigenvalue weighted by Crippen LogP contribution is -2.13. The molecule has 0 aliphatic rings. The summed E-state index contributed by atoms with van der Waals surface area (Å²) in [4.78, 5) is 12.6. The highest BCUT2D eigenvalue weighted by Crippen LogP contribution is 2.23. The fraction of sp³-hybridized carbons (Fsp3) is 0.167. The zero-order valence-corrected chi connectivity index (χ0v) is 16.6. The molecule has 140 valence electrons. The van der Waals surface area contributed by atoms with Gasteiger partial charge in [-0.15, -0.1) is 0 Å². The Morgan fingerprint density at radius 2 is 1.64 bits per heavy atom. The van der Waals surface area contributed by atoms with Crippen molar-refractivity contribution < 1.29 is 4.79 Å². The number of nitriles is 1. The van der Waals surface area contributed by atoms with Gasteiger partial charge >= 0.3 is 0 Å². The normalized spacial score (nSPS) is 11.2. The third-order valence-corrected chi connectivity index (χ3v) is 4.63. The number of hydrogen-bond donors (Lipinski definition) is 1. The summed E-state index contributed by atoms with van der Waals surface area (Å²) >= 11 is 0. The fourth-order valence-corrected chi connectivity index (χ4v) is 3.46. The minimum absolute atomic E-state index is 0.0764. The first-order chi connectivity index (χ1) is 13.4. The highest BCUT2D eigenvalue weighted by Gasteiger charge is 2.14. The molecule has 0 radical (unpaired) electrons. The number of nitrogens with one attached hydrogen (secondary N) is 1. The predicted molar refractivity (Wildman–Crippen MR) is 113 cm³/mol. The van der Waals surface area contributed by atoms with Crippen molar-refractivity contribution >= 4 is 17.7 Å². The van der Waals surface area contributed by atoms with Crippen molar-refractivity contribution in [2.24, 2.45) is 0 Å². The monoisotopic (exact) mass is 369 g/mol. The lowest BCUT2D eigenvalue weighted by molar-refractivity contribution is -0.112. The quantitative estimate of drug-likeness (QED) is 0.504. The van der Waals surface area contributed by atoms with Crippen LogP contribution in [0.2, 0.25) is 0 Å². The number of carbonyl (C=O) groups is 1. The van der Waals surface area contributed by atoms with Gasteiger partial charge in [-0.3, -0.25) is 4.79 Å². The molecule has 0 saturated heterocycles. The van der Waals surface area contributed by atoms with Crippen LogP contribution >= 0.6 is 0 Å². The summed E-state index contributed by atoms with van der Waals surface area (Å²) in [5.41, 5.74) is 6.82. The number of carbonyl (C=O) groups excluding carboxylic acids is 1. The van der Waals surface area contributed by atoms with E-state index in [0.29, 0.717) is 5.69 Å². The van der Waals surface area contributed by atoms with Gasteiger partial charge in [0.25, 0.3) is 5.91 Å². The van der Waals surface area contributed by atoms with Crippen LogP contribution in [0, 0.1) is 39.0 Å². The van der Waals surface area contributed by atoms with Gasteiger partial charge < -0.3 is 9.88 Å². The van der Waals surface area contributed by atoms with Crippen molar-refractivity contribution in [3.05, 3.63) is 88.2 Å². The number of nitrogens with zero attached hydrogens (tertiary/aromatic N) is 2. The minimum Gasteiger partial charge on any atom is -0.321 e. The Kier molecular flexibility index (Phi) is 5.47. The molecule has 2 aromatic carbocycles. The Bertz CT molecular complexity index is 1080. The van der Waals surface area contributed by atoms with Crippen molar-refractivity contribution in [2.45, 2.75) is 27.7 Å². The molecule has 1 heterocycles. The summed E-state index contributed by atoms with van der Waals surface area (Å²) in [6, 6.07) is 19.9. The van der Waals surface area contributed by atoms with Crippen LogP contribution in [0.25, 0.3) is 11.8 Å². The molecule has 28 heavy (non-hydrogen) atoms. The molecular formula is C24H23N3O. The highest BCUT2D eigenvalue weighted by molar-refractivity contribution is 6.09. The van der Waals surface area contributed by atoms with E-state index in [-0.39, 0.29) is 5.57 Å². The molecule has 0 fully saturated rings. The van der Waals surface area contributed by atoms with Crippen LogP contribution in [-0.4, -0.2) is 10.5 Å². The second kappa shape index (κ2) is 7.98. The Hall–Kier alpha value is -3.58. The van der Waals surface area contributed by atoms with Gasteiger partial charge in [0.1, 0.15) is 11.6 Å². The van der Waals surface area contributed by atoms with Gasteiger partial charge in [-0.1, -0.05) is 24.3 Å². The number of para-hydroxylation sites is 1. The van der Waals surface area contributed by atoms with Crippen molar-refractivity contribution in [1.82, 2.24) is 4.57 Å².